The number of rotatable bonds is 7. The summed E-state index contributed by atoms with van der Waals surface area (Å²) >= 11 is 0. The smallest absolute Gasteiger partial charge is 0.337 e. The maximum absolute atomic E-state index is 11.1. The molecular formula is C9H16O8. The molecule has 0 aromatic carbocycles. The molecule has 0 spiro atoms. The van der Waals surface area contributed by atoms with Crippen LogP contribution in [0.15, 0.2) is 0 Å². The SMILES string of the molecule is CCCOC(=O)[C@H](O)[C@@H](O)[C@H](O)[C@H](O)C(=O)O. The second-order valence-electron chi connectivity index (χ2n) is 3.38. The van der Waals surface area contributed by atoms with E-state index in [1.807, 2.05) is 0 Å². The Hall–Kier alpha value is -1.22. The van der Waals surface area contributed by atoms with Crippen molar-refractivity contribution in [1.29, 1.82) is 0 Å². The van der Waals surface area contributed by atoms with Gasteiger partial charge in [0.25, 0.3) is 0 Å². The van der Waals surface area contributed by atoms with Crippen LogP contribution in [0, 0.1) is 0 Å². The zero-order chi connectivity index (χ0) is 13.6. The van der Waals surface area contributed by atoms with Crippen LogP contribution in [0.25, 0.3) is 0 Å². The highest BCUT2D eigenvalue weighted by atomic mass is 16.5. The Balaban J connectivity index is 4.42. The van der Waals surface area contributed by atoms with E-state index in [-0.39, 0.29) is 6.61 Å². The van der Waals surface area contributed by atoms with Crippen LogP contribution in [-0.2, 0) is 14.3 Å². The van der Waals surface area contributed by atoms with E-state index in [1.54, 1.807) is 6.92 Å². The fourth-order valence-electron chi connectivity index (χ4n) is 0.947. The highest BCUT2D eigenvalue weighted by Crippen LogP contribution is 2.07. The van der Waals surface area contributed by atoms with Crippen LogP contribution < -0.4 is 0 Å². The second kappa shape index (κ2) is 7.17. The number of aliphatic hydroxyl groups is 4. The fraction of sp³-hybridized carbons (Fsp3) is 0.778. The van der Waals surface area contributed by atoms with Gasteiger partial charge in [0.1, 0.15) is 12.2 Å². The summed E-state index contributed by atoms with van der Waals surface area (Å²) in [6.07, 6.45) is -8.28. The summed E-state index contributed by atoms with van der Waals surface area (Å²) in [6.45, 7) is 1.72. The summed E-state index contributed by atoms with van der Waals surface area (Å²) in [6, 6.07) is 0. The van der Waals surface area contributed by atoms with Crippen molar-refractivity contribution in [1.82, 2.24) is 0 Å². The molecule has 0 aliphatic heterocycles. The number of carboxylic acids is 1. The number of aliphatic carboxylic acids is 1. The van der Waals surface area contributed by atoms with Crippen LogP contribution in [0.4, 0.5) is 0 Å². The van der Waals surface area contributed by atoms with E-state index in [0.717, 1.165) is 0 Å². The van der Waals surface area contributed by atoms with Gasteiger partial charge in [0.2, 0.25) is 0 Å². The maximum Gasteiger partial charge on any atom is 0.337 e. The van der Waals surface area contributed by atoms with Crippen molar-refractivity contribution in [2.24, 2.45) is 0 Å². The molecule has 0 rings (SSSR count). The Kier molecular flexibility index (Phi) is 6.66. The third-order valence-corrected chi connectivity index (χ3v) is 1.94. The first kappa shape index (κ1) is 15.8. The molecule has 4 atom stereocenters. The second-order valence-corrected chi connectivity index (χ2v) is 3.38. The number of aliphatic hydroxyl groups excluding tert-OH is 4. The van der Waals surface area contributed by atoms with Crippen molar-refractivity contribution in [3.63, 3.8) is 0 Å². The van der Waals surface area contributed by atoms with E-state index in [4.69, 9.17) is 15.3 Å². The van der Waals surface area contributed by atoms with Gasteiger partial charge >= 0.3 is 11.9 Å². The van der Waals surface area contributed by atoms with E-state index in [0.29, 0.717) is 6.42 Å². The van der Waals surface area contributed by atoms with Crippen molar-refractivity contribution < 1.29 is 39.9 Å². The van der Waals surface area contributed by atoms with Gasteiger partial charge in [-0.05, 0) is 6.42 Å². The molecule has 0 amide bonds. The van der Waals surface area contributed by atoms with E-state index in [9.17, 15) is 19.8 Å². The number of esters is 1. The van der Waals surface area contributed by atoms with Crippen molar-refractivity contribution in [2.45, 2.75) is 37.8 Å². The first-order valence-corrected chi connectivity index (χ1v) is 4.94. The molecule has 0 aliphatic rings. The average molecular weight is 252 g/mol. The highest BCUT2D eigenvalue weighted by molar-refractivity contribution is 5.76. The molecule has 8 nitrogen and oxygen atoms in total. The van der Waals surface area contributed by atoms with Crippen LogP contribution in [0.1, 0.15) is 13.3 Å². The molecule has 0 radical (unpaired) electrons. The topological polar surface area (TPSA) is 145 Å². The molecule has 0 aromatic rings. The summed E-state index contributed by atoms with van der Waals surface area (Å²) < 4.78 is 4.48. The van der Waals surface area contributed by atoms with Crippen LogP contribution in [0.2, 0.25) is 0 Å². The van der Waals surface area contributed by atoms with Crippen LogP contribution in [0.3, 0.4) is 0 Å². The minimum atomic E-state index is -2.31. The monoisotopic (exact) mass is 252 g/mol. The largest absolute Gasteiger partial charge is 0.479 e. The van der Waals surface area contributed by atoms with Gasteiger partial charge in [-0.15, -0.1) is 0 Å². The van der Waals surface area contributed by atoms with Gasteiger partial charge in [0.15, 0.2) is 12.2 Å². The van der Waals surface area contributed by atoms with Gasteiger partial charge in [-0.3, -0.25) is 0 Å². The Bertz CT molecular complexity index is 266. The number of hydrogen-bond acceptors (Lipinski definition) is 7. The minimum absolute atomic E-state index is 0.0141. The van der Waals surface area contributed by atoms with Gasteiger partial charge in [-0.1, -0.05) is 6.92 Å². The van der Waals surface area contributed by atoms with E-state index >= 15 is 0 Å². The van der Waals surface area contributed by atoms with Crippen LogP contribution >= 0.6 is 0 Å². The predicted octanol–water partition coefficient (Wildman–Crippen LogP) is -2.53. The molecule has 0 saturated heterocycles. The molecule has 0 aliphatic carbocycles. The Morgan fingerprint density at radius 1 is 1.06 bits per heavy atom. The summed E-state index contributed by atoms with van der Waals surface area (Å²) in [5, 5.41) is 44.9. The molecule has 5 N–H and O–H groups in total. The first-order chi connectivity index (χ1) is 7.82. The highest BCUT2D eigenvalue weighted by Gasteiger charge is 2.38. The predicted molar refractivity (Wildman–Crippen MR) is 52.9 cm³/mol. The normalized spacial score (nSPS) is 17.9. The first-order valence-electron chi connectivity index (χ1n) is 4.94. The Morgan fingerprint density at radius 3 is 1.94 bits per heavy atom. The minimum Gasteiger partial charge on any atom is -0.479 e. The van der Waals surface area contributed by atoms with Gasteiger partial charge in [-0.25, -0.2) is 9.59 Å². The molecule has 0 fully saturated rings. The number of hydrogen-bond donors (Lipinski definition) is 5. The molecule has 0 unspecified atom stereocenters. The van der Waals surface area contributed by atoms with Crippen LogP contribution in [0.5, 0.6) is 0 Å². The van der Waals surface area contributed by atoms with Crippen molar-refractivity contribution in [2.75, 3.05) is 6.61 Å². The zero-order valence-electron chi connectivity index (χ0n) is 9.18. The quantitative estimate of drug-likeness (QED) is 0.312. The fourth-order valence-corrected chi connectivity index (χ4v) is 0.947. The van der Waals surface area contributed by atoms with Crippen molar-refractivity contribution in [3.05, 3.63) is 0 Å². The standard InChI is InChI=1S/C9H16O8/c1-2-3-17-9(16)7(13)5(11)4(10)6(12)8(14)15/h4-7,10-13H,2-3H2,1H3,(H,14,15)/t4-,5-,6-,7+/m0/s1. The summed E-state index contributed by atoms with van der Waals surface area (Å²) in [5.74, 6) is -2.98. The van der Waals surface area contributed by atoms with E-state index in [1.165, 1.54) is 0 Å². The Morgan fingerprint density at radius 2 is 1.53 bits per heavy atom. The number of ether oxygens (including phenoxy) is 1. The Labute approximate surface area is 97.1 Å². The lowest BCUT2D eigenvalue weighted by atomic mass is 10.0. The number of carbonyl (C=O) groups excluding carboxylic acids is 1. The molecular weight excluding hydrogens is 236 g/mol. The maximum atomic E-state index is 11.1. The third kappa shape index (κ3) is 4.65. The molecule has 0 bridgehead atoms. The lowest BCUT2D eigenvalue weighted by Gasteiger charge is -2.23. The summed E-state index contributed by atoms with van der Waals surface area (Å²) in [4.78, 5) is 21.4. The molecule has 8 heteroatoms. The lowest BCUT2D eigenvalue weighted by molar-refractivity contribution is -0.176. The summed E-state index contributed by atoms with van der Waals surface area (Å²) in [5.41, 5.74) is 0. The van der Waals surface area contributed by atoms with E-state index in [2.05, 4.69) is 4.74 Å². The molecule has 17 heavy (non-hydrogen) atoms. The third-order valence-electron chi connectivity index (χ3n) is 1.94. The van der Waals surface area contributed by atoms with Gasteiger partial charge in [0, 0.05) is 0 Å². The molecule has 100 valence electrons. The number of carboxylic acid groups (broad SMARTS) is 1. The lowest BCUT2D eigenvalue weighted by Crippen LogP contribution is -2.50. The van der Waals surface area contributed by atoms with Crippen molar-refractivity contribution >= 4 is 11.9 Å². The average Bonchev–Trinajstić information content (AvgIpc) is 2.31. The zero-order valence-corrected chi connectivity index (χ0v) is 9.18. The van der Waals surface area contributed by atoms with Gasteiger partial charge < -0.3 is 30.3 Å². The van der Waals surface area contributed by atoms with Gasteiger partial charge in [0.05, 0.1) is 6.61 Å². The molecule has 0 heterocycles. The number of carbonyl (C=O) groups is 2. The molecule has 0 saturated carbocycles. The van der Waals surface area contributed by atoms with Crippen LogP contribution in [-0.4, -0.2) is 68.5 Å². The summed E-state index contributed by atoms with van der Waals surface area (Å²) in [7, 11) is 0. The van der Waals surface area contributed by atoms with E-state index < -0.39 is 36.4 Å². The van der Waals surface area contributed by atoms with Crippen molar-refractivity contribution in [3.8, 4) is 0 Å². The van der Waals surface area contributed by atoms with Gasteiger partial charge in [-0.2, -0.15) is 0 Å². The molecule has 0 aromatic heterocycles.